The van der Waals surface area contributed by atoms with Crippen LogP contribution in [0.3, 0.4) is 0 Å². The van der Waals surface area contributed by atoms with Gasteiger partial charge in [-0.1, -0.05) is 13.8 Å². The van der Waals surface area contributed by atoms with Crippen molar-refractivity contribution < 1.29 is 19.1 Å². The monoisotopic (exact) mass is 242 g/mol. The summed E-state index contributed by atoms with van der Waals surface area (Å²) in [4.78, 5) is 34.9. The van der Waals surface area contributed by atoms with E-state index in [1.165, 1.54) is 0 Å². The van der Waals surface area contributed by atoms with Crippen LogP contribution in [0, 0.1) is 11.8 Å². The number of esters is 1. The van der Waals surface area contributed by atoms with Gasteiger partial charge in [-0.25, -0.2) is 4.79 Å². The van der Waals surface area contributed by atoms with Crippen molar-refractivity contribution in [3.05, 3.63) is 0 Å². The molecule has 6 heteroatoms. The van der Waals surface area contributed by atoms with Crippen LogP contribution in [-0.2, 0) is 14.3 Å². The maximum absolute atomic E-state index is 11.9. The van der Waals surface area contributed by atoms with Gasteiger partial charge in [-0.3, -0.25) is 14.9 Å². The molecule has 1 heterocycles. The molecule has 1 saturated heterocycles. The number of amides is 3. The van der Waals surface area contributed by atoms with Gasteiger partial charge in [0.2, 0.25) is 0 Å². The molecule has 3 amide bonds. The van der Waals surface area contributed by atoms with Crippen LogP contribution in [0.4, 0.5) is 4.79 Å². The fourth-order valence-corrected chi connectivity index (χ4v) is 2.15. The first-order valence-corrected chi connectivity index (χ1v) is 5.66. The minimum atomic E-state index is -1.22. The zero-order valence-corrected chi connectivity index (χ0v) is 10.5. The molecule has 0 radical (unpaired) electrons. The third kappa shape index (κ3) is 2.11. The lowest BCUT2D eigenvalue weighted by atomic mass is 9.76. The lowest BCUT2D eigenvalue weighted by molar-refractivity contribution is -0.154. The Kier molecular flexibility index (Phi) is 3.75. The minimum Gasteiger partial charge on any atom is -0.466 e. The third-order valence-electron chi connectivity index (χ3n) is 3.16. The van der Waals surface area contributed by atoms with Gasteiger partial charge < -0.3 is 10.1 Å². The van der Waals surface area contributed by atoms with Crippen LogP contribution >= 0.6 is 0 Å². The average Bonchev–Trinajstić information content (AvgIpc) is 2.54. The molecular weight excluding hydrogens is 224 g/mol. The van der Waals surface area contributed by atoms with Gasteiger partial charge in [0.15, 0.2) is 0 Å². The summed E-state index contributed by atoms with van der Waals surface area (Å²) in [6, 6.07) is -0.570. The van der Waals surface area contributed by atoms with Crippen molar-refractivity contribution in [2.24, 2.45) is 11.8 Å². The molecule has 0 aromatic heterocycles. The Morgan fingerprint density at radius 3 is 2.29 bits per heavy atom. The Balaban J connectivity index is 3.05. The highest BCUT2D eigenvalue weighted by molar-refractivity contribution is 6.09. The van der Waals surface area contributed by atoms with E-state index in [4.69, 9.17) is 4.74 Å². The fourth-order valence-electron chi connectivity index (χ4n) is 2.15. The summed E-state index contributed by atoms with van der Waals surface area (Å²) >= 11 is 0. The van der Waals surface area contributed by atoms with Crippen molar-refractivity contribution in [2.75, 3.05) is 6.61 Å². The molecule has 96 valence electrons. The van der Waals surface area contributed by atoms with E-state index >= 15 is 0 Å². The summed E-state index contributed by atoms with van der Waals surface area (Å²) in [7, 11) is 0. The van der Waals surface area contributed by atoms with E-state index in [2.05, 4.69) is 10.6 Å². The van der Waals surface area contributed by atoms with Gasteiger partial charge in [0.25, 0.3) is 5.91 Å². The summed E-state index contributed by atoms with van der Waals surface area (Å²) in [5.74, 6) is -1.90. The zero-order chi connectivity index (χ0) is 13.2. The molecule has 2 N–H and O–H groups in total. The smallest absolute Gasteiger partial charge is 0.322 e. The summed E-state index contributed by atoms with van der Waals surface area (Å²) < 4.78 is 4.90. The van der Waals surface area contributed by atoms with Gasteiger partial charge in [-0.2, -0.15) is 0 Å². The van der Waals surface area contributed by atoms with Crippen LogP contribution in [0.15, 0.2) is 0 Å². The van der Waals surface area contributed by atoms with E-state index in [9.17, 15) is 14.4 Å². The number of ether oxygens (including phenoxy) is 1. The van der Waals surface area contributed by atoms with Gasteiger partial charge in [-0.15, -0.1) is 0 Å². The Bertz CT molecular complexity index is 353. The molecule has 0 aromatic rings. The molecule has 17 heavy (non-hydrogen) atoms. The molecule has 0 spiro atoms. The molecule has 0 bridgehead atoms. The van der Waals surface area contributed by atoms with Crippen LogP contribution in [0.5, 0.6) is 0 Å². The first-order chi connectivity index (χ1) is 7.86. The number of carbonyl (C=O) groups is 3. The van der Waals surface area contributed by atoms with E-state index in [1.807, 2.05) is 0 Å². The second-order valence-corrected chi connectivity index (χ2v) is 4.41. The standard InChI is InChI=1S/C11H18N2O4/c1-5-17-8(14)7(4)11(6(2)3)9(15)12-10(16)13-11/h6-7H,5H2,1-4H3,(H2,12,13,15,16)/t7-,11+/m1/s1. The fraction of sp³-hybridized carbons (Fsp3) is 0.727. The second kappa shape index (κ2) is 4.73. The second-order valence-electron chi connectivity index (χ2n) is 4.41. The summed E-state index contributed by atoms with van der Waals surface area (Å²) in [5, 5.41) is 4.73. The maximum Gasteiger partial charge on any atom is 0.322 e. The summed E-state index contributed by atoms with van der Waals surface area (Å²) in [6.07, 6.45) is 0. The van der Waals surface area contributed by atoms with Gasteiger partial charge in [-0.05, 0) is 19.8 Å². The van der Waals surface area contributed by atoms with Crippen LogP contribution in [0.1, 0.15) is 27.7 Å². The first kappa shape index (κ1) is 13.5. The van der Waals surface area contributed by atoms with Crippen LogP contribution < -0.4 is 10.6 Å². The van der Waals surface area contributed by atoms with E-state index < -0.39 is 29.4 Å². The Morgan fingerprint density at radius 2 is 1.94 bits per heavy atom. The third-order valence-corrected chi connectivity index (χ3v) is 3.16. The van der Waals surface area contributed by atoms with Crippen molar-refractivity contribution in [3.8, 4) is 0 Å². The summed E-state index contributed by atoms with van der Waals surface area (Å²) in [5.41, 5.74) is -1.22. The highest BCUT2D eigenvalue weighted by Crippen LogP contribution is 2.30. The van der Waals surface area contributed by atoms with E-state index in [-0.39, 0.29) is 12.5 Å². The average molecular weight is 242 g/mol. The number of urea groups is 1. The largest absolute Gasteiger partial charge is 0.466 e. The predicted molar refractivity (Wildman–Crippen MR) is 60.0 cm³/mol. The van der Waals surface area contributed by atoms with Gasteiger partial charge in [0.05, 0.1) is 12.5 Å². The van der Waals surface area contributed by atoms with Crippen molar-refractivity contribution in [2.45, 2.75) is 33.2 Å². The van der Waals surface area contributed by atoms with E-state index in [0.717, 1.165) is 0 Å². The van der Waals surface area contributed by atoms with Gasteiger partial charge in [0, 0.05) is 0 Å². The Hall–Kier alpha value is -1.59. The number of rotatable bonds is 4. The molecule has 1 aliphatic heterocycles. The zero-order valence-electron chi connectivity index (χ0n) is 10.5. The van der Waals surface area contributed by atoms with Gasteiger partial charge in [0.1, 0.15) is 5.54 Å². The first-order valence-electron chi connectivity index (χ1n) is 5.66. The SMILES string of the molecule is CCOC(=O)[C@@H](C)[C@]1(C(C)C)NC(=O)NC1=O. The van der Waals surface area contributed by atoms with Crippen molar-refractivity contribution in [3.63, 3.8) is 0 Å². The molecule has 0 aliphatic carbocycles. The van der Waals surface area contributed by atoms with Crippen LogP contribution in [0.25, 0.3) is 0 Å². The van der Waals surface area contributed by atoms with Crippen LogP contribution in [0.2, 0.25) is 0 Å². The molecule has 0 aromatic carbocycles. The Morgan fingerprint density at radius 1 is 1.35 bits per heavy atom. The highest BCUT2D eigenvalue weighted by atomic mass is 16.5. The van der Waals surface area contributed by atoms with Crippen LogP contribution in [-0.4, -0.2) is 30.1 Å². The molecular formula is C11H18N2O4. The number of nitrogens with one attached hydrogen (secondary N) is 2. The minimum absolute atomic E-state index is 0.214. The maximum atomic E-state index is 11.9. The lowest BCUT2D eigenvalue weighted by Gasteiger charge is -2.34. The highest BCUT2D eigenvalue weighted by Gasteiger charge is 2.55. The van der Waals surface area contributed by atoms with Crippen molar-refractivity contribution >= 4 is 17.9 Å². The predicted octanol–water partition coefficient (Wildman–Crippen LogP) is 0.420. The number of hydrogen-bond donors (Lipinski definition) is 2. The Labute approximate surface area is 100 Å². The topological polar surface area (TPSA) is 84.5 Å². The van der Waals surface area contributed by atoms with E-state index in [1.54, 1.807) is 27.7 Å². The van der Waals surface area contributed by atoms with Crippen molar-refractivity contribution in [1.29, 1.82) is 0 Å². The molecule has 1 fully saturated rings. The number of carbonyl (C=O) groups excluding carboxylic acids is 3. The number of imide groups is 1. The molecule has 1 rings (SSSR count). The normalized spacial score (nSPS) is 25.5. The van der Waals surface area contributed by atoms with Crippen molar-refractivity contribution in [1.82, 2.24) is 10.6 Å². The van der Waals surface area contributed by atoms with E-state index in [0.29, 0.717) is 0 Å². The molecule has 0 unspecified atom stereocenters. The quantitative estimate of drug-likeness (QED) is 0.552. The lowest BCUT2D eigenvalue weighted by Crippen LogP contribution is -2.58. The number of hydrogen-bond acceptors (Lipinski definition) is 4. The molecule has 6 nitrogen and oxygen atoms in total. The van der Waals surface area contributed by atoms with Gasteiger partial charge >= 0.3 is 12.0 Å². The summed E-state index contributed by atoms with van der Waals surface area (Å²) in [6.45, 7) is 7.08. The molecule has 0 saturated carbocycles. The molecule has 1 aliphatic rings. The molecule has 2 atom stereocenters.